The predicted molar refractivity (Wildman–Crippen MR) is 145 cm³/mol. The van der Waals surface area contributed by atoms with Gasteiger partial charge in [-0.3, -0.25) is 0 Å². The Morgan fingerprint density at radius 2 is 1.16 bits per heavy atom. The Kier molecular flexibility index (Phi) is 9.77. The van der Waals surface area contributed by atoms with Crippen LogP contribution in [-0.4, -0.2) is 0 Å². The number of rotatable bonds is 9. The molecule has 31 heavy (non-hydrogen) atoms. The minimum atomic E-state index is 0.456. The maximum atomic E-state index is 3.09. The third kappa shape index (κ3) is 5.78. The van der Waals surface area contributed by atoms with Crippen molar-refractivity contribution in [3.8, 4) is 0 Å². The molecule has 0 aliphatic rings. The summed E-state index contributed by atoms with van der Waals surface area (Å²) in [7, 11) is 3.09. The fourth-order valence-electron chi connectivity index (χ4n) is 4.71. The van der Waals surface area contributed by atoms with Gasteiger partial charge < -0.3 is 0 Å². The van der Waals surface area contributed by atoms with Crippen LogP contribution < -0.4 is 0 Å². The van der Waals surface area contributed by atoms with E-state index in [1.54, 1.807) is 0 Å². The van der Waals surface area contributed by atoms with Gasteiger partial charge >= 0.3 is 0 Å². The Hall–Kier alpha value is -1.65. The van der Waals surface area contributed by atoms with Crippen molar-refractivity contribution in [3.05, 3.63) is 80.9 Å². The summed E-state index contributed by atoms with van der Waals surface area (Å²) in [6.45, 7) is 18.4. The summed E-state index contributed by atoms with van der Waals surface area (Å²) in [6, 6.07) is 14.1. The zero-order chi connectivity index (χ0) is 23.1. The van der Waals surface area contributed by atoms with Crippen LogP contribution in [0.2, 0.25) is 0 Å². The van der Waals surface area contributed by atoms with Gasteiger partial charge in [0.2, 0.25) is 0 Å². The van der Waals surface area contributed by atoms with Crippen LogP contribution in [0, 0.1) is 5.92 Å². The van der Waals surface area contributed by atoms with E-state index >= 15 is 0 Å². The minimum absolute atomic E-state index is 0.456. The lowest BCUT2D eigenvalue weighted by Crippen LogP contribution is -2.07. The molecule has 0 fully saturated rings. The molecule has 0 saturated heterocycles. The van der Waals surface area contributed by atoms with E-state index in [-0.39, 0.29) is 0 Å². The van der Waals surface area contributed by atoms with Crippen LogP contribution >= 0.6 is 9.24 Å². The van der Waals surface area contributed by atoms with E-state index in [1.165, 1.54) is 55.4 Å². The second kappa shape index (κ2) is 11.8. The lowest BCUT2D eigenvalue weighted by molar-refractivity contribution is 0.689. The molecular formula is C30H43P. The molecule has 0 bridgehead atoms. The van der Waals surface area contributed by atoms with Crippen molar-refractivity contribution in [2.24, 2.45) is 5.92 Å². The van der Waals surface area contributed by atoms with E-state index in [4.69, 9.17) is 0 Å². The summed E-state index contributed by atoms with van der Waals surface area (Å²) >= 11 is 0. The average molecular weight is 435 g/mol. The van der Waals surface area contributed by atoms with E-state index in [0.717, 1.165) is 32.1 Å². The molecule has 0 amide bonds. The maximum absolute atomic E-state index is 3.09. The lowest BCUT2D eigenvalue weighted by Gasteiger charge is -2.24. The van der Waals surface area contributed by atoms with Gasteiger partial charge in [0.15, 0.2) is 0 Å². The molecule has 2 aromatic carbocycles. The molecule has 0 aromatic heterocycles. The molecule has 0 aliphatic carbocycles. The van der Waals surface area contributed by atoms with Crippen LogP contribution in [0.1, 0.15) is 95.2 Å². The largest absolute Gasteiger partial charge is 0.105 e. The highest BCUT2D eigenvalue weighted by Gasteiger charge is 2.19. The van der Waals surface area contributed by atoms with Gasteiger partial charge in [-0.15, -0.1) is 9.24 Å². The summed E-state index contributed by atoms with van der Waals surface area (Å²) in [5, 5.41) is 1.38. The highest BCUT2D eigenvalue weighted by Crippen LogP contribution is 2.39. The molecule has 0 N–H and O–H groups in total. The lowest BCUT2D eigenvalue weighted by atomic mass is 9.83. The van der Waals surface area contributed by atoms with Crippen LogP contribution in [0.15, 0.2) is 47.5 Å². The molecule has 168 valence electrons. The molecule has 0 spiro atoms. The summed E-state index contributed by atoms with van der Waals surface area (Å²) in [5.41, 5.74) is 13.0. The summed E-state index contributed by atoms with van der Waals surface area (Å²) < 4.78 is 0. The minimum Gasteiger partial charge on any atom is -0.105 e. The Morgan fingerprint density at radius 3 is 1.61 bits per heavy atom. The molecule has 2 rings (SSSR count). The molecule has 0 radical (unpaired) electrons. The van der Waals surface area contributed by atoms with Gasteiger partial charge in [0.25, 0.3) is 0 Å². The van der Waals surface area contributed by atoms with Gasteiger partial charge in [-0.05, 0) is 97.1 Å². The molecule has 0 saturated carbocycles. The predicted octanol–water partition coefficient (Wildman–Crippen LogP) is 9.06. The molecule has 2 aromatic rings. The van der Waals surface area contributed by atoms with Gasteiger partial charge in [0.1, 0.15) is 0 Å². The third-order valence-corrected chi connectivity index (χ3v) is 7.86. The smallest absolute Gasteiger partial charge is 0.00141 e. The Bertz CT molecular complexity index is 881. The second-order valence-corrected chi connectivity index (χ2v) is 9.34. The quantitative estimate of drug-likeness (QED) is 0.345. The van der Waals surface area contributed by atoms with Crippen LogP contribution in [-0.2, 0) is 25.7 Å². The van der Waals surface area contributed by atoms with Crippen molar-refractivity contribution in [2.45, 2.75) is 87.5 Å². The van der Waals surface area contributed by atoms with E-state index in [1.807, 2.05) is 0 Å². The molecule has 2 atom stereocenters. The van der Waals surface area contributed by atoms with E-state index < -0.39 is 0 Å². The number of hydrogen-bond acceptors (Lipinski definition) is 0. The monoisotopic (exact) mass is 434 g/mol. The van der Waals surface area contributed by atoms with Crippen molar-refractivity contribution < 1.29 is 0 Å². The first-order valence-corrected chi connectivity index (χ1v) is 12.8. The Balaban J connectivity index is 2.61. The highest BCUT2D eigenvalue weighted by molar-refractivity contribution is 7.31. The number of aryl methyl sites for hydroxylation is 4. The van der Waals surface area contributed by atoms with Gasteiger partial charge in [-0.2, -0.15) is 0 Å². The molecule has 1 heteroatoms. The Morgan fingerprint density at radius 1 is 0.677 bits per heavy atom. The number of hydrogen-bond donors (Lipinski definition) is 0. The van der Waals surface area contributed by atoms with Crippen molar-refractivity contribution >= 4 is 20.1 Å². The first-order valence-electron chi connectivity index (χ1n) is 12.2. The van der Waals surface area contributed by atoms with Crippen LogP contribution in [0.3, 0.4) is 0 Å². The Labute approximate surface area is 194 Å². The van der Waals surface area contributed by atoms with Crippen molar-refractivity contribution in [2.75, 3.05) is 0 Å². The van der Waals surface area contributed by atoms with E-state index in [9.17, 15) is 0 Å². The van der Waals surface area contributed by atoms with Gasteiger partial charge in [-0.1, -0.05) is 82.2 Å². The van der Waals surface area contributed by atoms with E-state index in [0.29, 0.717) is 5.92 Å². The van der Waals surface area contributed by atoms with E-state index in [2.05, 4.69) is 101 Å². The number of benzene rings is 2. The van der Waals surface area contributed by atoms with Crippen molar-refractivity contribution in [1.82, 2.24) is 0 Å². The van der Waals surface area contributed by atoms with Crippen molar-refractivity contribution in [3.63, 3.8) is 0 Å². The van der Waals surface area contributed by atoms with Crippen LogP contribution in [0.25, 0.3) is 10.9 Å². The van der Waals surface area contributed by atoms with Crippen molar-refractivity contribution in [1.29, 1.82) is 0 Å². The number of allylic oxidation sites excluding steroid dienone is 3. The summed E-state index contributed by atoms with van der Waals surface area (Å²) in [6.07, 6.45) is 5.43. The topological polar surface area (TPSA) is 0 Å². The molecule has 0 heterocycles. The zero-order valence-corrected chi connectivity index (χ0v) is 22.3. The SMILES string of the molecule is CCc1ccc(CC)c(/C(P)=C(\C)C(CC)/C(C)=C(\C)c2cc(CC)ccc2CC)c1. The standard InChI is InChI=1S/C30H43P/c1-9-23-14-16-25(11-3)28(18-23)21(7)20(6)27(13-5)22(8)30(31)29-19-24(10-2)15-17-26(29)12-4/h14-19,27H,9-13,31H2,1-8H3/b21-20+,30-22-. The second-order valence-electron chi connectivity index (χ2n) is 8.76. The van der Waals surface area contributed by atoms with Gasteiger partial charge in [0.05, 0.1) is 0 Å². The van der Waals surface area contributed by atoms with Crippen LogP contribution in [0.4, 0.5) is 0 Å². The average Bonchev–Trinajstić information content (AvgIpc) is 2.82. The van der Waals surface area contributed by atoms with Gasteiger partial charge in [-0.25, -0.2) is 0 Å². The maximum Gasteiger partial charge on any atom is 0.00141 e. The fraction of sp³-hybridized carbons (Fsp3) is 0.467. The first kappa shape index (κ1) is 25.6. The highest BCUT2D eigenvalue weighted by atomic mass is 31.0. The van der Waals surface area contributed by atoms with Crippen LogP contribution in [0.5, 0.6) is 0 Å². The van der Waals surface area contributed by atoms with Gasteiger partial charge in [0, 0.05) is 5.92 Å². The molecular weight excluding hydrogens is 391 g/mol. The zero-order valence-electron chi connectivity index (χ0n) is 21.2. The molecule has 2 unspecified atom stereocenters. The fourth-order valence-corrected chi connectivity index (χ4v) is 5.18. The molecule has 0 nitrogen and oxygen atoms in total. The molecule has 0 aliphatic heterocycles. The first-order chi connectivity index (χ1) is 14.8. The summed E-state index contributed by atoms with van der Waals surface area (Å²) in [5.74, 6) is 0.456. The summed E-state index contributed by atoms with van der Waals surface area (Å²) in [4.78, 5) is 0. The third-order valence-electron chi connectivity index (χ3n) is 7.09. The normalized spacial score (nSPS) is 14.2.